The lowest BCUT2D eigenvalue weighted by Crippen LogP contribution is -2.19. The number of aromatic nitrogens is 2. The van der Waals surface area contributed by atoms with E-state index in [-0.39, 0.29) is 0 Å². The molecular weight excluding hydrogens is 352 g/mol. The second kappa shape index (κ2) is 8.17. The van der Waals surface area contributed by atoms with Crippen LogP contribution in [0.5, 0.6) is 11.5 Å². The Morgan fingerprint density at radius 1 is 0.893 bits per heavy atom. The van der Waals surface area contributed by atoms with Crippen molar-refractivity contribution in [2.45, 2.75) is 12.8 Å². The summed E-state index contributed by atoms with van der Waals surface area (Å²) in [6, 6.07) is 17.7. The Hall–Kier alpha value is -3.28. The highest BCUT2D eigenvalue weighted by atomic mass is 16.5. The van der Waals surface area contributed by atoms with E-state index in [0.29, 0.717) is 5.82 Å². The Morgan fingerprint density at radius 2 is 1.68 bits per heavy atom. The molecule has 3 aromatic rings. The van der Waals surface area contributed by atoms with Crippen LogP contribution in [0.3, 0.4) is 0 Å². The average molecular weight is 376 g/mol. The van der Waals surface area contributed by atoms with E-state index in [1.807, 2.05) is 54.6 Å². The van der Waals surface area contributed by atoms with Crippen molar-refractivity contribution in [1.82, 2.24) is 9.97 Å². The monoisotopic (exact) mass is 376 g/mol. The van der Waals surface area contributed by atoms with E-state index in [9.17, 15) is 0 Å². The number of benzene rings is 2. The van der Waals surface area contributed by atoms with Crippen LogP contribution in [0.1, 0.15) is 12.8 Å². The van der Waals surface area contributed by atoms with Crippen LogP contribution in [0.4, 0.5) is 17.3 Å². The highest BCUT2D eigenvalue weighted by Crippen LogP contribution is 2.33. The third-order valence-corrected chi connectivity index (χ3v) is 4.84. The van der Waals surface area contributed by atoms with Crippen molar-refractivity contribution in [3.63, 3.8) is 0 Å². The summed E-state index contributed by atoms with van der Waals surface area (Å²) < 4.78 is 10.8. The number of nitrogens with zero attached hydrogens (tertiary/aromatic N) is 3. The summed E-state index contributed by atoms with van der Waals surface area (Å²) in [5.41, 5.74) is 1.79. The van der Waals surface area contributed by atoms with Crippen molar-refractivity contribution in [2.24, 2.45) is 0 Å². The van der Waals surface area contributed by atoms with Crippen LogP contribution in [-0.4, -0.2) is 37.3 Å². The Labute approximate surface area is 165 Å². The summed E-state index contributed by atoms with van der Waals surface area (Å²) in [5, 5.41) is 3.39. The maximum atomic E-state index is 5.49. The van der Waals surface area contributed by atoms with Crippen LogP contribution < -0.4 is 19.7 Å². The van der Waals surface area contributed by atoms with E-state index in [1.165, 1.54) is 12.8 Å². The van der Waals surface area contributed by atoms with Gasteiger partial charge in [-0.1, -0.05) is 30.3 Å². The Bertz CT molecular complexity index is 941. The smallest absolute Gasteiger partial charge is 0.163 e. The minimum absolute atomic E-state index is 0.703. The van der Waals surface area contributed by atoms with E-state index in [1.54, 1.807) is 14.2 Å². The molecule has 0 saturated carbocycles. The fourth-order valence-corrected chi connectivity index (χ4v) is 3.37. The fourth-order valence-electron chi connectivity index (χ4n) is 3.37. The molecule has 1 fully saturated rings. The number of hydrogen-bond acceptors (Lipinski definition) is 6. The fraction of sp³-hybridized carbons (Fsp3) is 0.273. The van der Waals surface area contributed by atoms with Crippen LogP contribution in [0.15, 0.2) is 54.6 Å². The Kier molecular flexibility index (Phi) is 5.28. The van der Waals surface area contributed by atoms with Gasteiger partial charge in [0.15, 0.2) is 5.82 Å². The molecule has 0 spiro atoms. The first-order valence-electron chi connectivity index (χ1n) is 9.45. The lowest BCUT2D eigenvalue weighted by Gasteiger charge is -2.19. The number of nitrogens with one attached hydrogen (secondary N) is 1. The van der Waals surface area contributed by atoms with Crippen molar-refractivity contribution < 1.29 is 9.47 Å². The van der Waals surface area contributed by atoms with Crippen molar-refractivity contribution >= 4 is 17.3 Å². The third-order valence-electron chi connectivity index (χ3n) is 4.84. The van der Waals surface area contributed by atoms with Crippen LogP contribution in [-0.2, 0) is 0 Å². The predicted molar refractivity (Wildman–Crippen MR) is 112 cm³/mol. The van der Waals surface area contributed by atoms with Crippen molar-refractivity contribution in [2.75, 3.05) is 37.5 Å². The highest BCUT2D eigenvalue weighted by Gasteiger charge is 2.17. The quantitative estimate of drug-likeness (QED) is 0.683. The molecule has 6 heteroatoms. The van der Waals surface area contributed by atoms with Gasteiger partial charge < -0.3 is 19.7 Å². The number of hydrogen-bond donors (Lipinski definition) is 1. The molecule has 144 valence electrons. The first-order chi connectivity index (χ1) is 13.8. The second-order valence-electron chi connectivity index (χ2n) is 6.69. The lowest BCUT2D eigenvalue weighted by molar-refractivity contribution is 0.405. The minimum Gasteiger partial charge on any atom is -0.497 e. The number of ether oxygens (including phenoxy) is 2. The second-order valence-corrected chi connectivity index (χ2v) is 6.69. The average Bonchev–Trinajstić information content (AvgIpc) is 3.29. The summed E-state index contributed by atoms with van der Waals surface area (Å²) in [7, 11) is 3.30. The summed E-state index contributed by atoms with van der Waals surface area (Å²) in [6.45, 7) is 2.04. The zero-order valence-corrected chi connectivity index (χ0v) is 16.2. The maximum Gasteiger partial charge on any atom is 0.163 e. The molecule has 1 saturated heterocycles. The first kappa shape index (κ1) is 18.1. The molecule has 0 bridgehead atoms. The van der Waals surface area contributed by atoms with E-state index in [4.69, 9.17) is 19.4 Å². The first-order valence-corrected chi connectivity index (χ1v) is 9.45. The zero-order chi connectivity index (χ0) is 19.3. The van der Waals surface area contributed by atoms with Crippen LogP contribution in [0.2, 0.25) is 0 Å². The Balaban J connectivity index is 1.75. The van der Waals surface area contributed by atoms with Crippen LogP contribution >= 0.6 is 0 Å². The van der Waals surface area contributed by atoms with Crippen LogP contribution in [0.25, 0.3) is 11.4 Å². The van der Waals surface area contributed by atoms with E-state index in [2.05, 4.69) is 10.2 Å². The van der Waals surface area contributed by atoms with E-state index in [0.717, 1.165) is 47.5 Å². The molecule has 0 atom stereocenters. The number of methoxy groups -OCH3 is 2. The predicted octanol–water partition coefficient (Wildman–Crippen LogP) is 4.50. The molecule has 2 heterocycles. The van der Waals surface area contributed by atoms with Gasteiger partial charge in [0.1, 0.15) is 23.1 Å². The minimum atomic E-state index is 0.703. The van der Waals surface area contributed by atoms with Gasteiger partial charge in [0.25, 0.3) is 0 Å². The molecule has 4 rings (SSSR count). The van der Waals surface area contributed by atoms with Crippen molar-refractivity contribution in [1.29, 1.82) is 0 Å². The summed E-state index contributed by atoms with van der Waals surface area (Å²) >= 11 is 0. The summed E-state index contributed by atoms with van der Waals surface area (Å²) in [4.78, 5) is 11.9. The molecule has 1 aliphatic rings. The lowest BCUT2D eigenvalue weighted by atomic mass is 10.2. The molecule has 1 aliphatic heterocycles. The molecule has 1 aromatic heterocycles. The third kappa shape index (κ3) is 3.86. The van der Waals surface area contributed by atoms with Gasteiger partial charge in [0, 0.05) is 30.8 Å². The number of anilines is 3. The van der Waals surface area contributed by atoms with Gasteiger partial charge in [-0.2, -0.15) is 0 Å². The van der Waals surface area contributed by atoms with Crippen LogP contribution in [0, 0.1) is 0 Å². The van der Waals surface area contributed by atoms with Gasteiger partial charge in [-0.3, -0.25) is 0 Å². The largest absolute Gasteiger partial charge is 0.497 e. The molecular formula is C22H24N4O2. The highest BCUT2D eigenvalue weighted by molar-refractivity contribution is 5.70. The van der Waals surface area contributed by atoms with Gasteiger partial charge in [-0.05, 0) is 25.0 Å². The molecule has 0 amide bonds. The topological polar surface area (TPSA) is 59.5 Å². The standard InChI is InChI=1S/C22H24N4O2/c1-27-17-10-11-19(28-2)18(14-17)23-20-15-21(26-12-6-7-13-26)25-22(24-20)16-8-4-3-5-9-16/h3-5,8-11,14-15H,6-7,12-13H2,1-2H3,(H,23,24,25). The molecule has 6 nitrogen and oxygen atoms in total. The normalized spacial score (nSPS) is 13.4. The maximum absolute atomic E-state index is 5.49. The SMILES string of the molecule is COc1ccc(OC)c(Nc2cc(N3CCCC3)nc(-c3ccccc3)n2)c1. The van der Waals surface area contributed by atoms with Gasteiger partial charge in [-0.15, -0.1) is 0 Å². The van der Waals surface area contributed by atoms with Gasteiger partial charge in [0.05, 0.1) is 19.9 Å². The molecule has 28 heavy (non-hydrogen) atoms. The van der Waals surface area contributed by atoms with Crippen molar-refractivity contribution in [3.8, 4) is 22.9 Å². The zero-order valence-electron chi connectivity index (χ0n) is 16.2. The van der Waals surface area contributed by atoms with E-state index >= 15 is 0 Å². The number of rotatable bonds is 6. The molecule has 0 unspecified atom stereocenters. The van der Waals surface area contributed by atoms with E-state index < -0.39 is 0 Å². The van der Waals surface area contributed by atoms with Gasteiger partial charge >= 0.3 is 0 Å². The molecule has 0 radical (unpaired) electrons. The Morgan fingerprint density at radius 3 is 2.39 bits per heavy atom. The summed E-state index contributed by atoms with van der Waals surface area (Å²) in [6.07, 6.45) is 2.38. The molecule has 2 aromatic carbocycles. The van der Waals surface area contributed by atoms with Crippen molar-refractivity contribution in [3.05, 3.63) is 54.6 Å². The molecule has 0 aliphatic carbocycles. The van der Waals surface area contributed by atoms with Gasteiger partial charge in [-0.25, -0.2) is 9.97 Å². The van der Waals surface area contributed by atoms with Gasteiger partial charge in [0.2, 0.25) is 0 Å². The summed E-state index contributed by atoms with van der Waals surface area (Å²) in [5.74, 6) is 3.84. The molecule has 1 N–H and O–H groups in total.